The number of halogens is 7. The summed E-state index contributed by atoms with van der Waals surface area (Å²) < 4.78 is 124. The van der Waals surface area contributed by atoms with E-state index in [4.69, 9.17) is 24.6 Å². The molecule has 0 saturated heterocycles. The van der Waals surface area contributed by atoms with Crippen molar-refractivity contribution in [2.24, 2.45) is 0 Å². The van der Waals surface area contributed by atoms with Gasteiger partial charge in [-0.05, 0) is 36.4 Å². The van der Waals surface area contributed by atoms with Crippen LogP contribution in [0.1, 0.15) is 11.1 Å². The second-order valence-electron chi connectivity index (χ2n) is 5.53. The minimum Gasteiger partial charge on any atom is -0.741 e. The van der Waals surface area contributed by atoms with Crippen LogP contribution >= 0.6 is 11.6 Å². The third-order valence-electron chi connectivity index (χ3n) is 3.23. The van der Waals surface area contributed by atoms with E-state index in [1.54, 1.807) is 6.07 Å². The molecule has 0 unspecified atom stereocenters. The second kappa shape index (κ2) is 10.4. The molecule has 0 atom stereocenters. The first kappa shape index (κ1) is 28.2. The Bertz CT molecular complexity index is 1250. The standard InChI is InChI=1S/C15H9ClF3N2O3S.CHF3O3S/c16-12-8-6-11(7-9-12)14(24-25(22,23)15(17,18)19)13(21-20)10-4-2-1-3-5-10;2-1(3,4)8(5,6)7/h1-9H;(H,5,6,7)/q+1;/p-1/b14-13+;. The van der Waals surface area contributed by atoms with Crippen LogP contribution in [-0.4, -0.2) is 32.4 Å². The molecule has 0 aliphatic rings. The van der Waals surface area contributed by atoms with Crippen molar-refractivity contribution in [3.63, 3.8) is 0 Å². The molecule has 2 rings (SSSR count). The molecule has 0 N–H and O–H groups in total. The van der Waals surface area contributed by atoms with Crippen LogP contribution in [0.4, 0.5) is 26.3 Å². The van der Waals surface area contributed by atoms with E-state index in [9.17, 15) is 40.2 Å². The van der Waals surface area contributed by atoms with Crippen molar-refractivity contribution in [1.82, 2.24) is 0 Å². The Morgan fingerprint density at radius 3 is 1.67 bits per heavy atom. The van der Waals surface area contributed by atoms with Crippen molar-refractivity contribution >= 4 is 43.3 Å². The Morgan fingerprint density at radius 1 is 0.848 bits per heavy atom. The second-order valence-corrected chi connectivity index (χ2v) is 8.88. The number of rotatable bonds is 4. The molecule has 0 spiro atoms. The van der Waals surface area contributed by atoms with Gasteiger partial charge in [0, 0.05) is 10.6 Å². The van der Waals surface area contributed by atoms with Crippen LogP contribution in [0.5, 0.6) is 0 Å². The zero-order valence-corrected chi connectivity index (χ0v) is 17.9. The largest absolute Gasteiger partial charge is 0.741 e. The number of nitrogens with zero attached hydrogens (tertiary/aromatic N) is 2. The summed E-state index contributed by atoms with van der Waals surface area (Å²) in [5, 5.41) is 9.52. The Balaban J connectivity index is 0.000000582. The number of hydrogen-bond donors (Lipinski definition) is 0. The predicted molar refractivity (Wildman–Crippen MR) is 102 cm³/mol. The van der Waals surface area contributed by atoms with Crippen molar-refractivity contribution in [2.75, 3.05) is 0 Å². The van der Waals surface area contributed by atoms with Crippen molar-refractivity contribution in [3.8, 4) is 0 Å². The number of diazo groups is 1. The number of alkyl halides is 6. The van der Waals surface area contributed by atoms with Crippen LogP contribution in [0.15, 0.2) is 54.6 Å². The fourth-order valence-electron chi connectivity index (χ4n) is 1.81. The van der Waals surface area contributed by atoms with Crippen LogP contribution in [0.3, 0.4) is 0 Å². The molecule has 17 heteroatoms. The Hall–Kier alpha value is -2.87. The molecule has 180 valence electrons. The highest BCUT2D eigenvalue weighted by molar-refractivity contribution is 7.87. The van der Waals surface area contributed by atoms with E-state index in [-0.39, 0.29) is 16.1 Å². The van der Waals surface area contributed by atoms with Crippen molar-refractivity contribution in [2.45, 2.75) is 11.0 Å². The number of benzene rings is 2. The zero-order chi connectivity index (χ0) is 25.7. The SMILES string of the molecule is N#[N+]/C(=C(/OS(=O)(=O)C(F)(F)F)c1ccc(Cl)cc1)c1ccccc1.O=S(=O)([O-])C(F)(F)F. The van der Waals surface area contributed by atoms with Crippen molar-refractivity contribution < 1.29 is 51.9 Å². The van der Waals surface area contributed by atoms with Crippen LogP contribution in [0.2, 0.25) is 5.02 Å². The van der Waals surface area contributed by atoms with Crippen LogP contribution in [0, 0.1) is 5.39 Å². The molecule has 0 radical (unpaired) electrons. The summed E-state index contributed by atoms with van der Waals surface area (Å²) >= 11 is 5.72. The van der Waals surface area contributed by atoms with Crippen LogP contribution in [0.25, 0.3) is 16.4 Å². The summed E-state index contributed by atoms with van der Waals surface area (Å²) in [5.41, 5.74) is -11.7. The van der Waals surface area contributed by atoms with Gasteiger partial charge in [-0.15, -0.1) is 0 Å². The summed E-state index contributed by atoms with van der Waals surface area (Å²) in [6, 6.07) is 12.6. The van der Waals surface area contributed by atoms with Gasteiger partial charge in [0.15, 0.2) is 15.1 Å². The molecule has 0 saturated carbocycles. The summed E-state index contributed by atoms with van der Waals surface area (Å²) in [5.74, 6) is -0.789. The van der Waals surface area contributed by atoms with Gasteiger partial charge in [-0.25, -0.2) is 8.42 Å². The van der Waals surface area contributed by atoms with Crippen molar-refractivity contribution in [1.29, 1.82) is 5.39 Å². The molecule has 0 fully saturated rings. The fraction of sp³-hybridized carbons (Fsp3) is 0.125. The van der Waals surface area contributed by atoms with Crippen molar-refractivity contribution in [3.05, 3.63) is 75.7 Å². The quantitative estimate of drug-likeness (QED) is 0.103. The maximum atomic E-state index is 12.7. The fourth-order valence-corrected chi connectivity index (χ4v) is 2.43. The van der Waals surface area contributed by atoms with Gasteiger partial charge in [0.1, 0.15) is 0 Å². The van der Waals surface area contributed by atoms with E-state index in [1.165, 1.54) is 48.5 Å². The normalized spacial score (nSPS) is 13.2. The lowest BCUT2D eigenvalue weighted by Gasteiger charge is -2.11. The minimum atomic E-state index is -6.09. The lowest BCUT2D eigenvalue weighted by molar-refractivity contribution is -0.0519. The van der Waals surface area contributed by atoms with Gasteiger partial charge in [0.05, 0.1) is 5.56 Å². The molecule has 0 aliphatic carbocycles. The average Bonchev–Trinajstić information content (AvgIpc) is 2.67. The molecular weight excluding hydrogens is 530 g/mol. The third kappa shape index (κ3) is 7.89. The lowest BCUT2D eigenvalue weighted by Crippen LogP contribution is -2.25. The van der Waals surface area contributed by atoms with E-state index >= 15 is 0 Å². The van der Waals surface area contributed by atoms with Gasteiger partial charge >= 0.3 is 26.8 Å². The zero-order valence-electron chi connectivity index (χ0n) is 15.5. The van der Waals surface area contributed by atoms with E-state index in [0.717, 1.165) is 0 Å². The Labute approximate surface area is 187 Å². The summed E-state index contributed by atoms with van der Waals surface area (Å²) in [7, 11) is -12.1. The number of hydrogen-bond acceptors (Lipinski definition) is 7. The lowest BCUT2D eigenvalue weighted by atomic mass is 10.1. The minimum absolute atomic E-state index is 0.0751. The summed E-state index contributed by atoms with van der Waals surface area (Å²) in [4.78, 5) is 2.91. The first-order chi connectivity index (χ1) is 14.9. The monoisotopic (exact) mass is 538 g/mol. The first-order valence-electron chi connectivity index (χ1n) is 7.84. The van der Waals surface area contributed by atoms with Gasteiger partial charge in [-0.1, -0.05) is 29.8 Å². The highest BCUT2D eigenvalue weighted by Crippen LogP contribution is 2.35. The third-order valence-corrected chi connectivity index (χ3v) is 5.00. The maximum Gasteiger partial charge on any atom is 0.534 e. The molecule has 0 heterocycles. The molecule has 0 bridgehead atoms. The van der Waals surface area contributed by atoms with Gasteiger partial charge in [0.2, 0.25) is 11.2 Å². The van der Waals surface area contributed by atoms with E-state index < -0.39 is 42.7 Å². The molecule has 8 nitrogen and oxygen atoms in total. The van der Waals surface area contributed by atoms with E-state index in [1.807, 2.05) is 0 Å². The highest BCUT2D eigenvalue weighted by atomic mass is 35.5. The molecule has 0 aliphatic heterocycles. The van der Waals surface area contributed by atoms with E-state index in [2.05, 4.69) is 9.16 Å². The average molecular weight is 539 g/mol. The van der Waals surface area contributed by atoms with E-state index in [0.29, 0.717) is 0 Å². The van der Waals surface area contributed by atoms with Gasteiger partial charge in [-0.2, -0.15) is 34.8 Å². The maximum absolute atomic E-state index is 12.7. The Kier molecular flexibility index (Phi) is 8.86. The molecule has 0 amide bonds. The van der Waals surface area contributed by atoms with Crippen LogP contribution in [-0.2, 0) is 24.4 Å². The summed E-state index contributed by atoms with van der Waals surface area (Å²) in [6.07, 6.45) is 0. The predicted octanol–water partition coefficient (Wildman–Crippen LogP) is 4.94. The van der Waals surface area contributed by atoms with Crippen LogP contribution < -0.4 is 0 Å². The molecule has 2 aromatic carbocycles. The highest BCUT2D eigenvalue weighted by Gasteiger charge is 2.50. The van der Waals surface area contributed by atoms with Gasteiger partial charge in [-0.3, -0.25) is 0 Å². The first-order valence-corrected chi connectivity index (χ1v) is 11.0. The molecule has 2 aromatic rings. The molecular formula is C16H9ClF6N2O6S2. The smallest absolute Gasteiger partial charge is 0.534 e. The molecule has 0 aromatic heterocycles. The van der Waals surface area contributed by atoms with Gasteiger partial charge in [0.25, 0.3) is 0 Å². The Morgan fingerprint density at radius 2 is 1.30 bits per heavy atom. The molecule has 33 heavy (non-hydrogen) atoms. The summed E-state index contributed by atoms with van der Waals surface area (Å²) in [6.45, 7) is 0. The topological polar surface area (TPSA) is 129 Å². The van der Waals surface area contributed by atoms with Gasteiger partial charge < -0.3 is 8.74 Å².